The van der Waals surface area contributed by atoms with Crippen LogP contribution in [0.1, 0.15) is 24.2 Å². The van der Waals surface area contributed by atoms with Crippen LogP contribution in [0.3, 0.4) is 0 Å². The first kappa shape index (κ1) is 15.6. The number of carbonyl (C=O) groups is 2. The third-order valence-electron chi connectivity index (χ3n) is 2.60. The number of methoxy groups -OCH3 is 1. The summed E-state index contributed by atoms with van der Waals surface area (Å²) in [6.45, 7) is 3.52. The number of amides is 1. The van der Waals surface area contributed by atoms with E-state index in [1.165, 1.54) is 19.2 Å². The fraction of sp³-hybridized carbons (Fsp3) is 0.385. The molecule has 104 valence electrons. The van der Waals surface area contributed by atoms with Crippen LogP contribution in [-0.4, -0.2) is 25.0 Å². The number of rotatable bonds is 4. The first-order valence-corrected chi connectivity index (χ1v) is 6.50. The third kappa shape index (κ3) is 3.76. The molecule has 0 saturated heterocycles. The van der Waals surface area contributed by atoms with Crippen molar-refractivity contribution in [3.05, 3.63) is 34.1 Å². The van der Waals surface area contributed by atoms with Gasteiger partial charge in [0, 0.05) is 4.47 Å². The van der Waals surface area contributed by atoms with E-state index in [4.69, 9.17) is 0 Å². The molecular weight excluding hydrogens is 317 g/mol. The zero-order valence-corrected chi connectivity index (χ0v) is 12.5. The van der Waals surface area contributed by atoms with E-state index < -0.39 is 23.7 Å². The molecule has 0 radical (unpaired) electrons. The van der Waals surface area contributed by atoms with E-state index in [2.05, 4.69) is 26.0 Å². The fourth-order valence-electron chi connectivity index (χ4n) is 1.55. The predicted molar refractivity (Wildman–Crippen MR) is 72.2 cm³/mol. The van der Waals surface area contributed by atoms with E-state index in [0.29, 0.717) is 4.47 Å². The first-order valence-electron chi connectivity index (χ1n) is 5.71. The summed E-state index contributed by atoms with van der Waals surface area (Å²) < 4.78 is 18.6. The highest BCUT2D eigenvalue weighted by Gasteiger charge is 2.27. The summed E-state index contributed by atoms with van der Waals surface area (Å²) in [7, 11) is 1.24. The van der Waals surface area contributed by atoms with Gasteiger partial charge in [-0.2, -0.15) is 0 Å². The summed E-state index contributed by atoms with van der Waals surface area (Å²) >= 11 is 3.11. The number of carbonyl (C=O) groups excluding carboxylic acids is 2. The summed E-state index contributed by atoms with van der Waals surface area (Å²) in [5.41, 5.74) is -0.128. The van der Waals surface area contributed by atoms with Crippen LogP contribution in [-0.2, 0) is 9.53 Å². The van der Waals surface area contributed by atoms with Crippen molar-refractivity contribution < 1.29 is 18.7 Å². The Balaban J connectivity index is 2.98. The Morgan fingerprint density at radius 1 is 1.37 bits per heavy atom. The van der Waals surface area contributed by atoms with Gasteiger partial charge in [0.1, 0.15) is 11.9 Å². The maximum Gasteiger partial charge on any atom is 0.328 e. The van der Waals surface area contributed by atoms with Crippen molar-refractivity contribution in [2.24, 2.45) is 5.92 Å². The zero-order chi connectivity index (χ0) is 14.6. The molecule has 1 aromatic rings. The topological polar surface area (TPSA) is 55.4 Å². The maximum atomic E-state index is 13.6. The Labute approximate surface area is 119 Å². The van der Waals surface area contributed by atoms with Crippen molar-refractivity contribution >= 4 is 27.8 Å². The summed E-state index contributed by atoms with van der Waals surface area (Å²) in [4.78, 5) is 23.6. The molecule has 0 bridgehead atoms. The van der Waals surface area contributed by atoms with E-state index in [-0.39, 0.29) is 11.5 Å². The van der Waals surface area contributed by atoms with E-state index >= 15 is 0 Å². The molecule has 0 unspecified atom stereocenters. The average molecular weight is 332 g/mol. The molecule has 1 N–H and O–H groups in total. The SMILES string of the molecule is COC(=O)[C@@H](NC(=O)c1c(F)cccc1Br)C(C)C. The van der Waals surface area contributed by atoms with Crippen LogP contribution in [0.2, 0.25) is 0 Å². The van der Waals surface area contributed by atoms with Gasteiger partial charge in [-0.05, 0) is 34.0 Å². The summed E-state index contributed by atoms with van der Waals surface area (Å²) in [5.74, 6) is -2.04. The number of esters is 1. The van der Waals surface area contributed by atoms with Crippen LogP contribution >= 0.6 is 15.9 Å². The average Bonchev–Trinajstić information content (AvgIpc) is 2.34. The second kappa shape index (κ2) is 6.65. The minimum absolute atomic E-state index is 0.128. The highest BCUT2D eigenvalue weighted by molar-refractivity contribution is 9.10. The Kier molecular flexibility index (Phi) is 5.47. The standard InChI is InChI=1S/C13H15BrFNO3/c1-7(2)11(13(18)19-3)16-12(17)10-8(14)5-4-6-9(10)15/h4-7,11H,1-3H3,(H,16,17)/t11-/m0/s1. The quantitative estimate of drug-likeness (QED) is 0.862. The third-order valence-corrected chi connectivity index (χ3v) is 3.26. The fourth-order valence-corrected chi connectivity index (χ4v) is 2.07. The van der Waals surface area contributed by atoms with Gasteiger partial charge in [0.05, 0.1) is 12.7 Å². The molecule has 1 atom stereocenters. The largest absolute Gasteiger partial charge is 0.467 e. The number of hydrogen-bond donors (Lipinski definition) is 1. The van der Waals surface area contributed by atoms with Crippen LogP contribution in [0, 0.1) is 11.7 Å². The summed E-state index contributed by atoms with van der Waals surface area (Å²) in [6.07, 6.45) is 0. The van der Waals surface area contributed by atoms with Gasteiger partial charge >= 0.3 is 5.97 Å². The number of halogens is 2. The second-order valence-electron chi connectivity index (χ2n) is 4.31. The molecule has 1 amide bonds. The monoisotopic (exact) mass is 331 g/mol. The van der Waals surface area contributed by atoms with Gasteiger partial charge in [-0.25, -0.2) is 9.18 Å². The van der Waals surface area contributed by atoms with Crippen LogP contribution in [0.25, 0.3) is 0 Å². The smallest absolute Gasteiger partial charge is 0.328 e. The minimum Gasteiger partial charge on any atom is -0.467 e. The number of nitrogens with one attached hydrogen (secondary N) is 1. The van der Waals surface area contributed by atoms with Crippen molar-refractivity contribution in [1.82, 2.24) is 5.32 Å². The van der Waals surface area contributed by atoms with Crippen LogP contribution in [0.15, 0.2) is 22.7 Å². The molecule has 0 saturated carbocycles. The lowest BCUT2D eigenvalue weighted by atomic mass is 10.0. The number of hydrogen-bond acceptors (Lipinski definition) is 3. The van der Waals surface area contributed by atoms with Gasteiger partial charge in [0.25, 0.3) is 5.91 Å². The molecule has 1 rings (SSSR count). The van der Waals surface area contributed by atoms with Gasteiger partial charge in [-0.3, -0.25) is 4.79 Å². The Hall–Kier alpha value is -1.43. The molecular formula is C13H15BrFNO3. The Morgan fingerprint density at radius 3 is 2.47 bits per heavy atom. The second-order valence-corrected chi connectivity index (χ2v) is 5.17. The molecule has 1 aromatic carbocycles. The lowest BCUT2D eigenvalue weighted by molar-refractivity contribution is -0.144. The van der Waals surface area contributed by atoms with Gasteiger partial charge in [0.2, 0.25) is 0 Å². The highest BCUT2D eigenvalue weighted by atomic mass is 79.9. The first-order chi connectivity index (χ1) is 8.88. The summed E-state index contributed by atoms with van der Waals surface area (Å²) in [6, 6.07) is 3.41. The van der Waals surface area contributed by atoms with Crippen molar-refractivity contribution in [3.63, 3.8) is 0 Å². The molecule has 0 aliphatic heterocycles. The number of benzene rings is 1. The molecule has 0 heterocycles. The van der Waals surface area contributed by atoms with Crippen molar-refractivity contribution in [1.29, 1.82) is 0 Å². The lowest BCUT2D eigenvalue weighted by Gasteiger charge is -2.20. The molecule has 0 aromatic heterocycles. The normalized spacial score (nSPS) is 12.1. The van der Waals surface area contributed by atoms with Crippen LogP contribution in [0.5, 0.6) is 0 Å². The summed E-state index contributed by atoms with van der Waals surface area (Å²) in [5, 5.41) is 2.48. The van der Waals surface area contributed by atoms with E-state index in [0.717, 1.165) is 0 Å². The Morgan fingerprint density at radius 2 is 2.00 bits per heavy atom. The zero-order valence-electron chi connectivity index (χ0n) is 10.9. The van der Waals surface area contributed by atoms with E-state index in [1.54, 1.807) is 19.9 Å². The molecule has 4 nitrogen and oxygen atoms in total. The molecule has 0 aliphatic carbocycles. The van der Waals surface area contributed by atoms with Gasteiger partial charge in [-0.1, -0.05) is 19.9 Å². The molecule has 0 aliphatic rings. The molecule has 0 fully saturated rings. The van der Waals surface area contributed by atoms with Crippen LogP contribution in [0.4, 0.5) is 4.39 Å². The van der Waals surface area contributed by atoms with Crippen molar-refractivity contribution in [2.75, 3.05) is 7.11 Å². The van der Waals surface area contributed by atoms with E-state index in [1.807, 2.05) is 0 Å². The Bertz CT molecular complexity index is 471. The van der Waals surface area contributed by atoms with Gasteiger partial charge in [0.15, 0.2) is 0 Å². The molecule has 0 spiro atoms. The van der Waals surface area contributed by atoms with Crippen molar-refractivity contribution in [3.8, 4) is 0 Å². The van der Waals surface area contributed by atoms with Crippen molar-refractivity contribution in [2.45, 2.75) is 19.9 Å². The lowest BCUT2D eigenvalue weighted by Crippen LogP contribution is -2.45. The molecule has 19 heavy (non-hydrogen) atoms. The maximum absolute atomic E-state index is 13.6. The van der Waals surface area contributed by atoms with Gasteiger partial charge in [-0.15, -0.1) is 0 Å². The predicted octanol–water partition coefficient (Wildman–Crippen LogP) is 2.52. The minimum atomic E-state index is -0.816. The highest BCUT2D eigenvalue weighted by Crippen LogP contribution is 2.20. The number of ether oxygens (including phenoxy) is 1. The van der Waals surface area contributed by atoms with Gasteiger partial charge < -0.3 is 10.1 Å². The molecule has 6 heteroatoms. The van der Waals surface area contributed by atoms with E-state index in [9.17, 15) is 14.0 Å². The van der Waals surface area contributed by atoms with Crippen LogP contribution < -0.4 is 5.32 Å².